The van der Waals surface area contributed by atoms with Crippen molar-refractivity contribution in [1.82, 2.24) is 0 Å². The van der Waals surface area contributed by atoms with Crippen molar-refractivity contribution in [3.63, 3.8) is 0 Å². The van der Waals surface area contributed by atoms with Crippen molar-refractivity contribution in [2.45, 2.75) is 45.0 Å². The summed E-state index contributed by atoms with van der Waals surface area (Å²) in [6, 6.07) is 0. The summed E-state index contributed by atoms with van der Waals surface area (Å²) >= 11 is 0. The van der Waals surface area contributed by atoms with Crippen molar-refractivity contribution in [3.8, 4) is 0 Å². The highest BCUT2D eigenvalue weighted by Crippen LogP contribution is 2.26. The van der Waals surface area contributed by atoms with E-state index in [0.29, 0.717) is 6.42 Å². The lowest BCUT2D eigenvalue weighted by molar-refractivity contribution is -0.178. The number of hydrogen-bond donors (Lipinski definition) is 0. The van der Waals surface area contributed by atoms with E-state index < -0.39 is 0 Å². The Balaban J connectivity index is 2.41. The van der Waals surface area contributed by atoms with Crippen molar-refractivity contribution in [1.29, 1.82) is 0 Å². The van der Waals surface area contributed by atoms with E-state index >= 15 is 0 Å². The van der Waals surface area contributed by atoms with E-state index in [-0.39, 0.29) is 23.6 Å². The van der Waals surface area contributed by atoms with Crippen LogP contribution in [0, 0.1) is 0 Å². The second-order valence-corrected chi connectivity index (χ2v) is 4.10. The van der Waals surface area contributed by atoms with Gasteiger partial charge in [-0.2, -0.15) is 0 Å². The maximum absolute atomic E-state index is 11.0. The minimum Gasteiger partial charge on any atom is -0.371 e. The van der Waals surface area contributed by atoms with Gasteiger partial charge in [0.05, 0.1) is 11.7 Å². The Kier molecular flexibility index (Phi) is 2.54. The Labute approximate surface area is 73.0 Å². The zero-order valence-corrected chi connectivity index (χ0v) is 8.09. The van der Waals surface area contributed by atoms with Gasteiger partial charge in [-0.25, -0.2) is 0 Å². The molecule has 1 rings (SSSR count). The SMILES string of the molecule is COC1C(=O)CC1OC(C)(C)C. The van der Waals surface area contributed by atoms with E-state index in [4.69, 9.17) is 9.47 Å². The highest BCUT2D eigenvalue weighted by Gasteiger charge is 2.42. The molecule has 0 saturated heterocycles. The molecule has 0 aromatic heterocycles. The van der Waals surface area contributed by atoms with E-state index in [1.165, 1.54) is 0 Å². The second-order valence-electron chi connectivity index (χ2n) is 4.10. The smallest absolute Gasteiger partial charge is 0.166 e. The van der Waals surface area contributed by atoms with Crippen LogP contribution in [0.1, 0.15) is 27.2 Å². The fourth-order valence-corrected chi connectivity index (χ4v) is 1.31. The minimum absolute atomic E-state index is 0.0394. The molecular formula is C9H16O3. The molecule has 2 unspecified atom stereocenters. The summed E-state index contributed by atoms with van der Waals surface area (Å²) in [7, 11) is 1.54. The maximum atomic E-state index is 11.0. The lowest BCUT2D eigenvalue weighted by Gasteiger charge is -2.37. The Morgan fingerprint density at radius 3 is 2.33 bits per heavy atom. The number of ether oxygens (including phenoxy) is 2. The molecule has 70 valence electrons. The largest absolute Gasteiger partial charge is 0.371 e. The van der Waals surface area contributed by atoms with Crippen LogP contribution in [-0.2, 0) is 14.3 Å². The number of ketones is 1. The van der Waals surface area contributed by atoms with Crippen molar-refractivity contribution in [2.24, 2.45) is 0 Å². The first kappa shape index (κ1) is 9.68. The zero-order chi connectivity index (χ0) is 9.35. The van der Waals surface area contributed by atoms with Gasteiger partial charge in [0, 0.05) is 13.5 Å². The monoisotopic (exact) mass is 172 g/mol. The molecule has 1 fully saturated rings. The molecular weight excluding hydrogens is 156 g/mol. The van der Waals surface area contributed by atoms with Gasteiger partial charge in [-0.15, -0.1) is 0 Å². The van der Waals surface area contributed by atoms with Crippen molar-refractivity contribution < 1.29 is 14.3 Å². The normalized spacial score (nSPS) is 30.2. The molecule has 0 radical (unpaired) electrons. The summed E-state index contributed by atoms with van der Waals surface area (Å²) in [5.41, 5.74) is -0.192. The van der Waals surface area contributed by atoms with Crippen LogP contribution < -0.4 is 0 Å². The van der Waals surface area contributed by atoms with Crippen molar-refractivity contribution in [2.75, 3.05) is 7.11 Å². The molecule has 0 aliphatic heterocycles. The molecule has 0 aromatic carbocycles. The standard InChI is InChI=1S/C9H16O3/c1-9(2,3)12-7-5-6(10)8(7)11-4/h7-8H,5H2,1-4H3. The maximum Gasteiger partial charge on any atom is 0.166 e. The van der Waals surface area contributed by atoms with E-state index in [1.54, 1.807) is 7.11 Å². The number of rotatable bonds is 2. The van der Waals surface area contributed by atoms with Crippen molar-refractivity contribution in [3.05, 3.63) is 0 Å². The van der Waals surface area contributed by atoms with Gasteiger partial charge in [-0.1, -0.05) is 0 Å². The highest BCUT2D eigenvalue weighted by atomic mass is 16.6. The summed E-state index contributed by atoms with van der Waals surface area (Å²) < 4.78 is 10.6. The molecule has 3 nitrogen and oxygen atoms in total. The summed E-state index contributed by atoms with van der Waals surface area (Å²) in [4.78, 5) is 11.0. The van der Waals surface area contributed by atoms with Gasteiger partial charge in [0.15, 0.2) is 5.78 Å². The third-order valence-electron chi connectivity index (χ3n) is 1.82. The Morgan fingerprint density at radius 2 is 2.00 bits per heavy atom. The third-order valence-corrected chi connectivity index (χ3v) is 1.82. The predicted octanol–water partition coefficient (Wildman–Crippen LogP) is 1.16. The average molecular weight is 172 g/mol. The van der Waals surface area contributed by atoms with E-state index in [0.717, 1.165) is 0 Å². The molecule has 2 atom stereocenters. The minimum atomic E-state index is -0.329. The topological polar surface area (TPSA) is 35.5 Å². The van der Waals surface area contributed by atoms with Gasteiger partial charge in [-0.3, -0.25) is 4.79 Å². The van der Waals surface area contributed by atoms with Crippen LogP contribution in [0.5, 0.6) is 0 Å². The Bertz CT molecular complexity index is 181. The molecule has 0 N–H and O–H groups in total. The zero-order valence-electron chi connectivity index (χ0n) is 8.09. The van der Waals surface area contributed by atoms with Gasteiger partial charge >= 0.3 is 0 Å². The number of hydrogen-bond acceptors (Lipinski definition) is 3. The molecule has 0 aromatic rings. The van der Waals surface area contributed by atoms with Crippen LogP contribution in [-0.4, -0.2) is 30.7 Å². The molecule has 12 heavy (non-hydrogen) atoms. The van der Waals surface area contributed by atoms with E-state index in [1.807, 2.05) is 20.8 Å². The third kappa shape index (κ3) is 2.05. The number of carbonyl (C=O) groups is 1. The molecule has 1 saturated carbocycles. The van der Waals surface area contributed by atoms with Crippen LogP contribution in [0.3, 0.4) is 0 Å². The first-order valence-electron chi connectivity index (χ1n) is 4.17. The Morgan fingerprint density at radius 1 is 1.42 bits per heavy atom. The summed E-state index contributed by atoms with van der Waals surface area (Å²) in [5, 5.41) is 0. The molecule has 3 heteroatoms. The van der Waals surface area contributed by atoms with E-state index in [9.17, 15) is 4.79 Å². The molecule has 1 aliphatic rings. The highest BCUT2D eigenvalue weighted by molar-refractivity contribution is 5.90. The fraction of sp³-hybridized carbons (Fsp3) is 0.889. The number of carbonyl (C=O) groups excluding carboxylic acids is 1. The number of methoxy groups -OCH3 is 1. The number of Topliss-reactive ketones (excluding diaryl/α,β-unsaturated/α-hetero) is 1. The molecule has 0 spiro atoms. The molecule has 0 amide bonds. The van der Waals surface area contributed by atoms with Crippen LogP contribution in [0.15, 0.2) is 0 Å². The van der Waals surface area contributed by atoms with Gasteiger partial charge < -0.3 is 9.47 Å². The van der Waals surface area contributed by atoms with Crippen LogP contribution in [0.2, 0.25) is 0 Å². The van der Waals surface area contributed by atoms with Crippen molar-refractivity contribution >= 4 is 5.78 Å². The van der Waals surface area contributed by atoms with Crippen LogP contribution in [0.25, 0.3) is 0 Å². The first-order valence-corrected chi connectivity index (χ1v) is 4.17. The lowest BCUT2D eigenvalue weighted by Crippen LogP contribution is -2.52. The Hall–Kier alpha value is -0.410. The first-order chi connectivity index (χ1) is 5.44. The van der Waals surface area contributed by atoms with Gasteiger partial charge in [0.2, 0.25) is 0 Å². The molecule has 1 aliphatic carbocycles. The molecule has 0 bridgehead atoms. The fourth-order valence-electron chi connectivity index (χ4n) is 1.31. The second kappa shape index (κ2) is 3.15. The van der Waals surface area contributed by atoms with Gasteiger partial charge in [0.25, 0.3) is 0 Å². The van der Waals surface area contributed by atoms with Gasteiger partial charge in [-0.05, 0) is 20.8 Å². The quantitative estimate of drug-likeness (QED) is 0.627. The van der Waals surface area contributed by atoms with Crippen LogP contribution >= 0.6 is 0 Å². The molecule has 0 heterocycles. The van der Waals surface area contributed by atoms with Crippen LogP contribution in [0.4, 0.5) is 0 Å². The lowest BCUT2D eigenvalue weighted by atomic mass is 9.89. The van der Waals surface area contributed by atoms with E-state index in [2.05, 4.69) is 0 Å². The summed E-state index contributed by atoms with van der Waals surface area (Å²) in [6.45, 7) is 5.92. The van der Waals surface area contributed by atoms with Gasteiger partial charge in [0.1, 0.15) is 6.10 Å². The summed E-state index contributed by atoms with van der Waals surface area (Å²) in [5.74, 6) is 0.145. The average Bonchev–Trinajstić information content (AvgIpc) is 1.84. The predicted molar refractivity (Wildman–Crippen MR) is 45.0 cm³/mol. The summed E-state index contributed by atoms with van der Waals surface area (Å²) in [6.07, 6.45) is 0.127.